The molecule has 0 saturated heterocycles. The summed E-state index contributed by atoms with van der Waals surface area (Å²) in [6, 6.07) is 0. The zero-order chi connectivity index (χ0) is 16.0. The molecule has 0 aliphatic rings. The molecule has 0 aromatic heterocycles. The zero-order valence-corrected chi connectivity index (χ0v) is 16.4. The standard InChI is InChI=1S/C16H34O3SSi/c1-6-11-13-14-16(20-15-12-7-2)21(17-8-3,18-9-4)19-10-5/h14H,6-13,15H2,1-5H3/b16-14-. The third-order valence-electron chi connectivity index (χ3n) is 2.95. The van der Waals surface area contributed by atoms with Crippen LogP contribution in [0.2, 0.25) is 0 Å². The maximum absolute atomic E-state index is 6.04. The lowest BCUT2D eigenvalue weighted by Crippen LogP contribution is -2.47. The van der Waals surface area contributed by atoms with Crippen molar-refractivity contribution < 1.29 is 13.3 Å². The van der Waals surface area contributed by atoms with E-state index < -0.39 is 8.80 Å². The Morgan fingerprint density at radius 2 is 1.38 bits per heavy atom. The molecule has 0 aromatic rings. The monoisotopic (exact) mass is 334 g/mol. The van der Waals surface area contributed by atoms with Crippen molar-refractivity contribution >= 4 is 20.6 Å². The van der Waals surface area contributed by atoms with E-state index in [9.17, 15) is 0 Å². The molecule has 0 radical (unpaired) electrons. The Hall–Kier alpha value is 0.187. The molecule has 0 aliphatic heterocycles. The molecular formula is C16H34O3SSi. The first-order chi connectivity index (χ1) is 10.2. The summed E-state index contributed by atoms with van der Waals surface area (Å²) in [5.74, 6) is 1.11. The summed E-state index contributed by atoms with van der Waals surface area (Å²) in [5.41, 5.74) is 0. The first-order valence-corrected chi connectivity index (χ1v) is 11.2. The highest BCUT2D eigenvalue weighted by atomic mass is 32.2. The molecule has 3 nitrogen and oxygen atoms in total. The van der Waals surface area contributed by atoms with Crippen LogP contribution >= 0.6 is 11.8 Å². The fraction of sp³-hybridized carbons (Fsp3) is 0.875. The molecule has 0 unspecified atom stereocenters. The molecule has 0 spiro atoms. The molecule has 126 valence electrons. The van der Waals surface area contributed by atoms with E-state index in [0.29, 0.717) is 19.8 Å². The van der Waals surface area contributed by atoms with Crippen molar-refractivity contribution in [2.75, 3.05) is 25.6 Å². The van der Waals surface area contributed by atoms with Gasteiger partial charge in [0.05, 0.1) is 4.53 Å². The van der Waals surface area contributed by atoms with Gasteiger partial charge in [0.15, 0.2) is 0 Å². The lowest BCUT2D eigenvalue weighted by molar-refractivity contribution is 0.0831. The van der Waals surface area contributed by atoms with Crippen LogP contribution in [-0.4, -0.2) is 34.4 Å². The highest BCUT2D eigenvalue weighted by molar-refractivity contribution is 8.05. The quantitative estimate of drug-likeness (QED) is 0.323. The van der Waals surface area contributed by atoms with Gasteiger partial charge >= 0.3 is 8.80 Å². The minimum atomic E-state index is -2.70. The Balaban J connectivity index is 5.13. The first-order valence-electron chi connectivity index (χ1n) is 8.45. The van der Waals surface area contributed by atoms with Crippen LogP contribution in [0, 0.1) is 0 Å². The number of hydrogen-bond acceptors (Lipinski definition) is 4. The van der Waals surface area contributed by atoms with Crippen LogP contribution in [0.15, 0.2) is 10.6 Å². The topological polar surface area (TPSA) is 27.7 Å². The normalized spacial score (nSPS) is 12.9. The van der Waals surface area contributed by atoms with Gasteiger partial charge in [-0.3, -0.25) is 0 Å². The largest absolute Gasteiger partial charge is 0.543 e. The molecule has 0 bridgehead atoms. The summed E-state index contributed by atoms with van der Waals surface area (Å²) in [4.78, 5) is 0. The van der Waals surface area contributed by atoms with Crippen LogP contribution < -0.4 is 0 Å². The second kappa shape index (κ2) is 13.8. The van der Waals surface area contributed by atoms with Crippen LogP contribution in [0.1, 0.15) is 66.7 Å². The molecule has 0 atom stereocenters. The van der Waals surface area contributed by atoms with Gasteiger partial charge in [-0.1, -0.05) is 39.2 Å². The van der Waals surface area contributed by atoms with Gasteiger partial charge in [0, 0.05) is 19.8 Å². The van der Waals surface area contributed by atoms with Crippen LogP contribution in [0.3, 0.4) is 0 Å². The van der Waals surface area contributed by atoms with Crippen molar-refractivity contribution in [1.82, 2.24) is 0 Å². The lowest BCUT2D eigenvalue weighted by Gasteiger charge is -2.30. The van der Waals surface area contributed by atoms with E-state index in [1.807, 2.05) is 32.5 Å². The van der Waals surface area contributed by atoms with E-state index in [4.69, 9.17) is 13.3 Å². The molecule has 0 rings (SSSR count). The summed E-state index contributed by atoms with van der Waals surface area (Å²) >= 11 is 1.87. The molecule has 0 aliphatic carbocycles. The Bertz CT molecular complexity index is 255. The minimum Gasteiger partial charge on any atom is -0.370 e. The van der Waals surface area contributed by atoms with Crippen molar-refractivity contribution in [3.8, 4) is 0 Å². The van der Waals surface area contributed by atoms with Gasteiger partial charge in [-0.25, -0.2) is 0 Å². The highest BCUT2D eigenvalue weighted by Crippen LogP contribution is 2.31. The number of allylic oxidation sites excluding steroid dienone is 1. The number of rotatable bonds is 14. The molecule has 5 heteroatoms. The second-order valence-corrected chi connectivity index (χ2v) is 8.78. The van der Waals surface area contributed by atoms with E-state index in [2.05, 4.69) is 19.9 Å². The Kier molecular flexibility index (Phi) is 13.9. The lowest BCUT2D eigenvalue weighted by atomic mass is 10.2. The van der Waals surface area contributed by atoms with Gasteiger partial charge < -0.3 is 13.3 Å². The van der Waals surface area contributed by atoms with Crippen molar-refractivity contribution in [3.05, 3.63) is 10.6 Å². The highest BCUT2D eigenvalue weighted by Gasteiger charge is 2.45. The second-order valence-electron chi connectivity index (χ2n) is 4.77. The van der Waals surface area contributed by atoms with Crippen LogP contribution in [0.25, 0.3) is 0 Å². The van der Waals surface area contributed by atoms with E-state index in [1.165, 1.54) is 30.2 Å². The maximum atomic E-state index is 6.04. The van der Waals surface area contributed by atoms with E-state index in [-0.39, 0.29) is 0 Å². The van der Waals surface area contributed by atoms with Gasteiger partial charge in [0.2, 0.25) is 0 Å². The Morgan fingerprint density at radius 1 is 0.857 bits per heavy atom. The summed E-state index contributed by atoms with van der Waals surface area (Å²) in [6.07, 6.45) is 8.21. The van der Waals surface area contributed by atoms with Gasteiger partial charge in [0.25, 0.3) is 0 Å². The summed E-state index contributed by atoms with van der Waals surface area (Å²) in [5, 5.41) is 0. The van der Waals surface area contributed by atoms with Gasteiger partial charge in [-0.2, -0.15) is 0 Å². The summed E-state index contributed by atoms with van der Waals surface area (Å²) in [6.45, 7) is 12.4. The fourth-order valence-corrected chi connectivity index (χ4v) is 6.59. The summed E-state index contributed by atoms with van der Waals surface area (Å²) in [7, 11) is -2.70. The van der Waals surface area contributed by atoms with Gasteiger partial charge in [-0.15, -0.1) is 11.8 Å². The van der Waals surface area contributed by atoms with Crippen molar-refractivity contribution in [3.63, 3.8) is 0 Å². The van der Waals surface area contributed by atoms with E-state index in [0.717, 1.165) is 12.2 Å². The minimum absolute atomic E-state index is 0.631. The number of thioether (sulfide) groups is 1. The predicted octanol–water partition coefficient (Wildman–Crippen LogP) is 5.18. The zero-order valence-electron chi connectivity index (χ0n) is 14.6. The molecule has 0 saturated carbocycles. The average Bonchev–Trinajstić information content (AvgIpc) is 2.46. The smallest absolute Gasteiger partial charge is 0.370 e. The fourth-order valence-electron chi connectivity index (χ4n) is 1.94. The van der Waals surface area contributed by atoms with Crippen LogP contribution in [0.5, 0.6) is 0 Å². The Labute approximate surface area is 137 Å². The maximum Gasteiger partial charge on any atom is 0.543 e. The molecule has 0 N–H and O–H groups in total. The third kappa shape index (κ3) is 8.40. The molecule has 0 fully saturated rings. The molecule has 0 aromatic carbocycles. The van der Waals surface area contributed by atoms with Crippen LogP contribution in [0.4, 0.5) is 0 Å². The summed E-state index contributed by atoms with van der Waals surface area (Å²) < 4.78 is 19.3. The van der Waals surface area contributed by atoms with E-state index >= 15 is 0 Å². The SMILES string of the molecule is CCCC/C=C(/SCCCC)[Si](OCC)(OCC)OCC. The molecule has 0 amide bonds. The predicted molar refractivity (Wildman–Crippen MR) is 95.6 cm³/mol. The molecule has 21 heavy (non-hydrogen) atoms. The van der Waals surface area contributed by atoms with Gasteiger partial charge in [0.1, 0.15) is 0 Å². The first kappa shape index (κ1) is 21.2. The number of unbranched alkanes of at least 4 members (excludes halogenated alkanes) is 3. The third-order valence-corrected chi connectivity index (χ3v) is 7.92. The molecular weight excluding hydrogens is 300 g/mol. The van der Waals surface area contributed by atoms with Crippen molar-refractivity contribution in [2.45, 2.75) is 66.7 Å². The van der Waals surface area contributed by atoms with Gasteiger partial charge in [-0.05, 0) is 39.4 Å². The average molecular weight is 335 g/mol. The van der Waals surface area contributed by atoms with E-state index in [1.54, 1.807) is 0 Å². The number of hydrogen-bond donors (Lipinski definition) is 0. The molecule has 0 heterocycles. The Morgan fingerprint density at radius 3 is 1.81 bits per heavy atom. The van der Waals surface area contributed by atoms with Crippen LogP contribution in [-0.2, 0) is 13.3 Å². The van der Waals surface area contributed by atoms with Crippen molar-refractivity contribution in [2.24, 2.45) is 0 Å². The van der Waals surface area contributed by atoms with Crippen molar-refractivity contribution in [1.29, 1.82) is 0 Å².